The largest absolute Gasteiger partial charge is 0.480 e. The van der Waals surface area contributed by atoms with Gasteiger partial charge in [0.25, 0.3) is 0 Å². The summed E-state index contributed by atoms with van der Waals surface area (Å²) in [6.45, 7) is -0.654. The first kappa shape index (κ1) is 21.6. The van der Waals surface area contributed by atoms with E-state index < -0.39 is 35.8 Å². The van der Waals surface area contributed by atoms with Crippen molar-refractivity contribution in [1.29, 1.82) is 0 Å². The van der Waals surface area contributed by atoms with E-state index in [4.69, 9.17) is 5.73 Å². The molecule has 29 heavy (non-hydrogen) atoms. The lowest BCUT2D eigenvalue weighted by Crippen LogP contribution is -2.54. The first-order valence-corrected chi connectivity index (χ1v) is 8.62. The third-order valence-electron chi connectivity index (χ3n) is 3.86. The molecule has 13 heteroatoms. The van der Waals surface area contributed by atoms with E-state index in [0.717, 1.165) is 0 Å². The molecule has 0 radical (unpaired) electrons. The smallest absolute Gasteiger partial charge is 0.326 e. The van der Waals surface area contributed by atoms with Crippen LogP contribution in [0.25, 0.3) is 0 Å². The third-order valence-corrected chi connectivity index (χ3v) is 3.86. The maximum Gasteiger partial charge on any atom is 0.326 e. The van der Waals surface area contributed by atoms with Gasteiger partial charge in [-0.3, -0.25) is 14.4 Å². The highest BCUT2D eigenvalue weighted by Gasteiger charge is 2.27. The monoisotopic (exact) mass is 406 g/mol. The van der Waals surface area contributed by atoms with Crippen LogP contribution in [0.5, 0.6) is 0 Å². The Kier molecular flexibility index (Phi) is 7.85. The highest BCUT2D eigenvalue weighted by atomic mass is 16.4. The number of carboxylic acid groups (broad SMARTS) is 1. The zero-order chi connectivity index (χ0) is 21.2. The maximum absolute atomic E-state index is 12.7. The minimum absolute atomic E-state index is 0.0155. The van der Waals surface area contributed by atoms with E-state index in [-0.39, 0.29) is 25.9 Å². The molecular weight excluding hydrogens is 384 g/mol. The number of carbonyl (C=O) groups excluding carboxylic acids is 3. The van der Waals surface area contributed by atoms with Gasteiger partial charge in [0, 0.05) is 36.6 Å². The molecule has 0 fully saturated rings. The average molecular weight is 406 g/mol. The van der Waals surface area contributed by atoms with Gasteiger partial charge in [-0.15, -0.1) is 0 Å². The van der Waals surface area contributed by atoms with Crippen molar-refractivity contribution in [3.63, 3.8) is 0 Å². The van der Waals surface area contributed by atoms with Crippen molar-refractivity contribution in [1.82, 2.24) is 35.9 Å². The lowest BCUT2D eigenvalue weighted by atomic mass is 10.1. The molecule has 8 N–H and O–H groups in total. The van der Waals surface area contributed by atoms with E-state index in [1.54, 1.807) is 0 Å². The van der Waals surface area contributed by atoms with Crippen LogP contribution >= 0.6 is 0 Å². The van der Waals surface area contributed by atoms with Crippen molar-refractivity contribution in [2.45, 2.75) is 24.9 Å². The number of aromatic nitrogens is 4. The summed E-state index contributed by atoms with van der Waals surface area (Å²) >= 11 is 0. The molecule has 0 aliphatic carbocycles. The number of carbonyl (C=O) groups is 4. The molecule has 2 aromatic heterocycles. The van der Waals surface area contributed by atoms with Crippen molar-refractivity contribution in [2.75, 3.05) is 13.1 Å². The topological polar surface area (TPSA) is 208 Å². The van der Waals surface area contributed by atoms with Gasteiger partial charge in [0.15, 0.2) is 0 Å². The number of nitrogens with zero attached hydrogens (tertiary/aromatic N) is 2. The quantitative estimate of drug-likeness (QED) is 0.205. The van der Waals surface area contributed by atoms with E-state index in [0.29, 0.717) is 11.4 Å². The second kappa shape index (κ2) is 10.6. The molecule has 13 nitrogen and oxygen atoms in total. The Balaban J connectivity index is 2.04. The zero-order valence-corrected chi connectivity index (χ0v) is 15.3. The summed E-state index contributed by atoms with van der Waals surface area (Å²) < 4.78 is 0. The van der Waals surface area contributed by atoms with Crippen LogP contribution in [0, 0.1) is 0 Å². The summed E-state index contributed by atoms with van der Waals surface area (Å²) in [4.78, 5) is 60.7. The fourth-order valence-electron chi connectivity index (χ4n) is 2.41. The SMILES string of the molecule is NCC(=O)NCC(=O)NC(Cc1cnc[nH]1)C(=O)NC(Cc1cnc[nH]1)C(=O)O. The van der Waals surface area contributed by atoms with Crippen LogP contribution in [-0.4, -0.2) is 73.9 Å². The van der Waals surface area contributed by atoms with Crippen molar-refractivity contribution in [3.8, 4) is 0 Å². The first-order valence-electron chi connectivity index (χ1n) is 8.62. The van der Waals surface area contributed by atoms with Crippen molar-refractivity contribution in [2.24, 2.45) is 5.73 Å². The minimum Gasteiger partial charge on any atom is -0.480 e. The molecule has 2 rings (SSSR count). The van der Waals surface area contributed by atoms with Gasteiger partial charge >= 0.3 is 5.97 Å². The number of nitrogens with one attached hydrogen (secondary N) is 5. The molecule has 2 aromatic rings. The number of amides is 3. The van der Waals surface area contributed by atoms with E-state index in [2.05, 4.69) is 35.9 Å². The van der Waals surface area contributed by atoms with Crippen LogP contribution in [0.4, 0.5) is 0 Å². The number of hydrogen-bond donors (Lipinski definition) is 7. The Labute approximate surface area is 164 Å². The highest BCUT2D eigenvalue weighted by Crippen LogP contribution is 2.03. The van der Waals surface area contributed by atoms with Gasteiger partial charge in [-0.25, -0.2) is 14.8 Å². The lowest BCUT2D eigenvalue weighted by molar-refractivity contribution is -0.142. The number of hydrogen-bond acceptors (Lipinski definition) is 7. The average Bonchev–Trinajstić information content (AvgIpc) is 3.38. The third kappa shape index (κ3) is 7.06. The van der Waals surface area contributed by atoms with Gasteiger partial charge in [-0.05, 0) is 0 Å². The van der Waals surface area contributed by atoms with Gasteiger partial charge in [-0.1, -0.05) is 0 Å². The van der Waals surface area contributed by atoms with Crippen LogP contribution < -0.4 is 21.7 Å². The molecular formula is C16H22N8O5. The van der Waals surface area contributed by atoms with Gasteiger partial charge in [0.1, 0.15) is 12.1 Å². The van der Waals surface area contributed by atoms with E-state index >= 15 is 0 Å². The van der Waals surface area contributed by atoms with Crippen LogP contribution in [0.15, 0.2) is 25.0 Å². The van der Waals surface area contributed by atoms with Crippen LogP contribution in [0.3, 0.4) is 0 Å². The summed E-state index contributed by atoms with van der Waals surface area (Å²) in [6, 6.07) is -2.33. The zero-order valence-electron chi connectivity index (χ0n) is 15.3. The molecule has 2 unspecified atom stereocenters. The summed E-state index contributed by atoms with van der Waals surface area (Å²) in [6.07, 6.45) is 5.75. The fourth-order valence-corrected chi connectivity index (χ4v) is 2.41. The summed E-state index contributed by atoms with van der Waals surface area (Å²) in [5.74, 6) is -3.10. The second-order valence-electron chi connectivity index (χ2n) is 6.06. The van der Waals surface area contributed by atoms with Gasteiger partial charge in [-0.2, -0.15) is 0 Å². The molecule has 0 saturated heterocycles. The van der Waals surface area contributed by atoms with E-state index in [1.807, 2.05) is 0 Å². The highest BCUT2D eigenvalue weighted by molar-refractivity contribution is 5.92. The molecule has 0 aliphatic heterocycles. The fraction of sp³-hybridized carbons (Fsp3) is 0.375. The standard InChI is InChI=1S/C16H22N8O5/c17-3-13(25)20-6-14(26)23-11(1-9-4-18-7-21-9)15(27)24-12(16(28)29)2-10-5-19-8-22-10/h4-5,7-8,11-12H,1-3,6,17H2,(H,18,21)(H,19,22)(H,20,25)(H,23,26)(H,24,27)(H,28,29). The Bertz CT molecular complexity index is 820. The number of carboxylic acids is 1. The van der Waals surface area contributed by atoms with E-state index in [9.17, 15) is 24.3 Å². The molecule has 0 saturated carbocycles. The van der Waals surface area contributed by atoms with Gasteiger partial charge in [0.05, 0.1) is 25.7 Å². The normalized spacial score (nSPS) is 12.6. The van der Waals surface area contributed by atoms with Crippen molar-refractivity contribution >= 4 is 23.7 Å². The predicted octanol–water partition coefficient (Wildman–Crippen LogP) is -2.95. The number of H-pyrrole nitrogens is 2. The number of nitrogens with two attached hydrogens (primary N) is 1. The number of imidazole rings is 2. The van der Waals surface area contributed by atoms with E-state index in [1.165, 1.54) is 25.0 Å². The molecule has 2 heterocycles. The lowest BCUT2D eigenvalue weighted by Gasteiger charge is -2.21. The predicted molar refractivity (Wildman–Crippen MR) is 98.1 cm³/mol. The van der Waals surface area contributed by atoms with Gasteiger partial charge < -0.3 is 36.8 Å². The Morgan fingerprint density at radius 3 is 2.03 bits per heavy atom. The maximum atomic E-state index is 12.7. The van der Waals surface area contributed by atoms with Gasteiger partial charge in [0.2, 0.25) is 17.7 Å². The Morgan fingerprint density at radius 1 is 0.966 bits per heavy atom. The molecule has 0 bridgehead atoms. The molecule has 3 amide bonds. The Morgan fingerprint density at radius 2 is 1.55 bits per heavy atom. The first-order chi connectivity index (χ1) is 13.9. The number of aliphatic carboxylic acids is 1. The molecule has 0 aromatic carbocycles. The van der Waals surface area contributed by atoms with Crippen molar-refractivity contribution in [3.05, 3.63) is 36.4 Å². The minimum atomic E-state index is -1.24. The van der Waals surface area contributed by atoms with Crippen LogP contribution in [0.1, 0.15) is 11.4 Å². The summed E-state index contributed by atoms with van der Waals surface area (Å²) in [7, 11) is 0. The Hall–Kier alpha value is -3.74. The van der Waals surface area contributed by atoms with Crippen molar-refractivity contribution < 1.29 is 24.3 Å². The molecule has 0 aliphatic rings. The number of rotatable bonds is 11. The van der Waals surface area contributed by atoms with Crippen LogP contribution in [0.2, 0.25) is 0 Å². The molecule has 2 atom stereocenters. The molecule has 156 valence electrons. The molecule has 0 spiro atoms. The number of aromatic amines is 2. The second-order valence-corrected chi connectivity index (χ2v) is 6.06. The summed E-state index contributed by atoms with van der Waals surface area (Å²) in [5.41, 5.74) is 6.23. The van der Waals surface area contributed by atoms with Crippen LogP contribution in [-0.2, 0) is 32.0 Å². The summed E-state index contributed by atoms with van der Waals surface area (Å²) in [5, 5.41) is 16.6.